The van der Waals surface area contributed by atoms with E-state index in [0.717, 1.165) is 24.1 Å². The van der Waals surface area contributed by atoms with Crippen LogP contribution in [0.3, 0.4) is 0 Å². The third-order valence-electron chi connectivity index (χ3n) is 5.05. The van der Waals surface area contributed by atoms with Crippen LogP contribution in [0.2, 0.25) is 0 Å². The number of hydrogen-bond donors (Lipinski definition) is 0. The molecule has 28 heavy (non-hydrogen) atoms. The quantitative estimate of drug-likeness (QED) is 0.519. The number of nitrogens with zero attached hydrogens (tertiary/aromatic N) is 8. The molecule has 0 saturated heterocycles. The number of rotatable bonds is 5. The standard InChI is InChI=1S/C18H20N8O2/c1-11-7-15(23-28-11)17-21-20-16-8-14(12-5-3-4-6-12)18(22-26(16)17)27-10-13-9-25(2)24-19-13/h7-9,12H,3-6,10H2,1-2H3. The Kier molecular flexibility index (Phi) is 4.03. The summed E-state index contributed by atoms with van der Waals surface area (Å²) in [4.78, 5) is 0. The maximum Gasteiger partial charge on any atom is 0.235 e. The molecule has 10 nitrogen and oxygen atoms in total. The van der Waals surface area contributed by atoms with E-state index in [1.54, 1.807) is 9.20 Å². The predicted molar refractivity (Wildman–Crippen MR) is 97.6 cm³/mol. The van der Waals surface area contributed by atoms with E-state index in [1.165, 1.54) is 12.8 Å². The largest absolute Gasteiger partial charge is 0.470 e. The summed E-state index contributed by atoms with van der Waals surface area (Å²) in [5.41, 5.74) is 3.08. The molecule has 144 valence electrons. The van der Waals surface area contributed by atoms with Crippen LogP contribution in [-0.2, 0) is 13.7 Å². The van der Waals surface area contributed by atoms with Crippen molar-refractivity contribution in [3.63, 3.8) is 0 Å². The maximum atomic E-state index is 6.08. The fourth-order valence-electron chi connectivity index (χ4n) is 3.71. The van der Waals surface area contributed by atoms with Crippen molar-refractivity contribution in [2.45, 2.75) is 45.1 Å². The Labute approximate surface area is 160 Å². The third-order valence-corrected chi connectivity index (χ3v) is 5.05. The average Bonchev–Trinajstić information content (AvgIpc) is 3.46. The lowest BCUT2D eigenvalue weighted by atomic mass is 9.99. The highest BCUT2D eigenvalue weighted by Crippen LogP contribution is 2.38. The van der Waals surface area contributed by atoms with Crippen LogP contribution in [0.4, 0.5) is 0 Å². The molecule has 0 unspecified atom stereocenters. The molecule has 0 amide bonds. The molecule has 4 heterocycles. The lowest BCUT2D eigenvalue weighted by Gasteiger charge is -2.14. The van der Waals surface area contributed by atoms with Gasteiger partial charge in [0.05, 0.1) is 6.20 Å². The van der Waals surface area contributed by atoms with Crippen LogP contribution in [0.15, 0.2) is 22.9 Å². The van der Waals surface area contributed by atoms with Gasteiger partial charge in [0.25, 0.3) is 0 Å². The minimum Gasteiger partial charge on any atom is -0.470 e. The van der Waals surface area contributed by atoms with Crippen LogP contribution in [-0.4, -0.2) is 40.0 Å². The number of aromatic nitrogens is 8. The van der Waals surface area contributed by atoms with Gasteiger partial charge in [-0.3, -0.25) is 4.68 Å². The smallest absolute Gasteiger partial charge is 0.235 e. The Morgan fingerprint density at radius 3 is 2.75 bits per heavy atom. The first-order valence-electron chi connectivity index (χ1n) is 9.35. The third kappa shape index (κ3) is 3.00. The molecule has 0 aliphatic heterocycles. The van der Waals surface area contributed by atoms with Crippen LogP contribution in [0.1, 0.15) is 48.6 Å². The Morgan fingerprint density at radius 2 is 2.04 bits per heavy atom. The Balaban J connectivity index is 1.56. The lowest BCUT2D eigenvalue weighted by molar-refractivity contribution is 0.279. The zero-order chi connectivity index (χ0) is 19.1. The minimum atomic E-state index is 0.298. The van der Waals surface area contributed by atoms with Crippen molar-refractivity contribution >= 4 is 5.65 Å². The molecule has 4 aromatic heterocycles. The van der Waals surface area contributed by atoms with E-state index in [2.05, 4.69) is 25.7 Å². The van der Waals surface area contributed by atoms with Gasteiger partial charge in [-0.25, -0.2) is 0 Å². The summed E-state index contributed by atoms with van der Waals surface area (Å²) in [7, 11) is 1.83. The van der Waals surface area contributed by atoms with Crippen molar-refractivity contribution in [1.29, 1.82) is 0 Å². The van der Waals surface area contributed by atoms with E-state index in [9.17, 15) is 0 Å². The summed E-state index contributed by atoms with van der Waals surface area (Å²) >= 11 is 0. The molecule has 1 saturated carbocycles. The minimum absolute atomic E-state index is 0.298. The van der Waals surface area contributed by atoms with Crippen molar-refractivity contribution in [1.82, 2.24) is 40.0 Å². The summed E-state index contributed by atoms with van der Waals surface area (Å²) in [6.45, 7) is 2.13. The lowest BCUT2D eigenvalue weighted by Crippen LogP contribution is -2.08. The molecule has 4 aromatic rings. The second-order valence-electron chi connectivity index (χ2n) is 7.17. The van der Waals surface area contributed by atoms with Gasteiger partial charge in [0, 0.05) is 18.7 Å². The summed E-state index contributed by atoms with van der Waals surface area (Å²) < 4.78 is 14.6. The zero-order valence-electron chi connectivity index (χ0n) is 15.7. The van der Waals surface area contributed by atoms with Gasteiger partial charge in [-0.2, -0.15) is 4.52 Å². The maximum absolute atomic E-state index is 6.08. The van der Waals surface area contributed by atoms with Crippen LogP contribution in [0.5, 0.6) is 5.88 Å². The van der Waals surface area contributed by atoms with Gasteiger partial charge in [-0.05, 0) is 31.7 Å². The second-order valence-corrected chi connectivity index (χ2v) is 7.17. The highest BCUT2D eigenvalue weighted by molar-refractivity contribution is 5.56. The van der Waals surface area contributed by atoms with Crippen LogP contribution in [0.25, 0.3) is 17.2 Å². The van der Waals surface area contributed by atoms with Crippen molar-refractivity contribution in [3.05, 3.63) is 35.3 Å². The first-order valence-corrected chi connectivity index (χ1v) is 9.35. The predicted octanol–water partition coefficient (Wildman–Crippen LogP) is 2.45. The Morgan fingerprint density at radius 1 is 1.18 bits per heavy atom. The van der Waals surface area contributed by atoms with Crippen molar-refractivity contribution in [2.24, 2.45) is 7.05 Å². The Bertz CT molecular complexity index is 1120. The molecule has 0 bridgehead atoms. The number of ether oxygens (including phenoxy) is 1. The van der Waals surface area contributed by atoms with Crippen LogP contribution in [0, 0.1) is 6.92 Å². The number of hydrogen-bond acceptors (Lipinski definition) is 8. The highest BCUT2D eigenvalue weighted by atomic mass is 16.5. The van der Waals surface area contributed by atoms with E-state index in [4.69, 9.17) is 14.4 Å². The fourth-order valence-corrected chi connectivity index (χ4v) is 3.71. The van der Waals surface area contributed by atoms with Crippen molar-refractivity contribution in [3.8, 4) is 17.4 Å². The molecule has 0 atom stereocenters. The second kappa shape index (κ2) is 6.70. The van der Waals surface area contributed by atoms with Gasteiger partial charge in [0.15, 0.2) is 11.3 Å². The van der Waals surface area contributed by atoms with Gasteiger partial charge in [-0.1, -0.05) is 23.2 Å². The van der Waals surface area contributed by atoms with Crippen molar-refractivity contribution in [2.75, 3.05) is 0 Å². The molecule has 5 rings (SSSR count). The number of aryl methyl sites for hydroxylation is 2. The van der Waals surface area contributed by atoms with Gasteiger partial charge >= 0.3 is 0 Å². The molecule has 1 aliphatic rings. The first-order chi connectivity index (χ1) is 13.7. The molecule has 10 heteroatoms. The molecule has 0 spiro atoms. The summed E-state index contributed by atoms with van der Waals surface area (Å²) in [5, 5.41) is 25.3. The zero-order valence-corrected chi connectivity index (χ0v) is 15.7. The van der Waals surface area contributed by atoms with Crippen LogP contribution >= 0.6 is 0 Å². The monoisotopic (exact) mass is 380 g/mol. The van der Waals surface area contributed by atoms with E-state index >= 15 is 0 Å². The highest BCUT2D eigenvalue weighted by Gasteiger charge is 2.25. The van der Waals surface area contributed by atoms with E-state index in [0.29, 0.717) is 41.3 Å². The average molecular weight is 380 g/mol. The molecular formula is C18H20N8O2. The molecule has 0 N–H and O–H groups in total. The summed E-state index contributed by atoms with van der Waals surface area (Å²) in [5.74, 6) is 2.22. The topological polar surface area (TPSA) is 109 Å². The van der Waals surface area contributed by atoms with Gasteiger partial charge in [-0.15, -0.1) is 20.4 Å². The normalized spacial score (nSPS) is 14.9. The molecule has 0 radical (unpaired) electrons. The van der Waals surface area contributed by atoms with E-state index in [1.807, 2.05) is 32.3 Å². The fraction of sp³-hybridized carbons (Fsp3) is 0.444. The SMILES string of the molecule is Cc1cc(-c2nnc3cc(C4CCCC4)c(OCc4cn(C)nn4)nn23)no1. The summed E-state index contributed by atoms with van der Waals surface area (Å²) in [6, 6.07) is 3.83. The van der Waals surface area contributed by atoms with Gasteiger partial charge in [0.1, 0.15) is 18.1 Å². The molecule has 0 aromatic carbocycles. The van der Waals surface area contributed by atoms with Gasteiger partial charge in [0.2, 0.25) is 11.7 Å². The summed E-state index contributed by atoms with van der Waals surface area (Å²) in [6.07, 6.45) is 6.52. The molecular weight excluding hydrogens is 360 g/mol. The molecule has 1 fully saturated rings. The van der Waals surface area contributed by atoms with Crippen molar-refractivity contribution < 1.29 is 9.26 Å². The van der Waals surface area contributed by atoms with E-state index in [-0.39, 0.29) is 0 Å². The van der Waals surface area contributed by atoms with Gasteiger partial charge < -0.3 is 9.26 Å². The first kappa shape index (κ1) is 16.8. The molecule has 1 aliphatic carbocycles. The number of fused-ring (bicyclic) bond motifs is 1. The van der Waals surface area contributed by atoms with E-state index < -0.39 is 0 Å². The van der Waals surface area contributed by atoms with Crippen LogP contribution < -0.4 is 4.74 Å². The Hall–Kier alpha value is -3.30.